The summed E-state index contributed by atoms with van der Waals surface area (Å²) in [4.78, 5) is 24.2. The van der Waals surface area contributed by atoms with E-state index in [0.717, 1.165) is 11.3 Å². The fraction of sp³-hybridized carbons (Fsp3) is 0.294. The lowest BCUT2D eigenvalue weighted by Gasteiger charge is -2.44. The smallest absolute Gasteiger partial charge is 0.321 e. The van der Waals surface area contributed by atoms with Crippen LogP contribution in [0.3, 0.4) is 0 Å². The maximum Gasteiger partial charge on any atom is 0.321 e. The molecular weight excluding hydrogens is 304 g/mol. The Morgan fingerprint density at radius 3 is 2.62 bits per heavy atom. The number of carbonyl (C=O) groups is 1. The molecule has 0 bridgehead atoms. The van der Waals surface area contributed by atoms with Gasteiger partial charge in [0.05, 0.1) is 6.04 Å². The predicted molar refractivity (Wildman–Crippen MR) is 90.7 cm³/mol. The van der Waals surface area contributed by atoms with Gasteiger partial charge in [0, 0.05) is 38.2 Å². The van der Waals surface area contributed by atoms with Crippen molar-refractivity contribution in [1.29, 1.82) is 5.26 Å². The van der Waals surface area contributed by atoms with Gasteiger partial charge in [-0.05, 0) is 19.1 Å². The molecule has 1 fully saturated rings. The summed E-state index contributed by atoms with van der Waals surface area (Å²) in [6.45, 7) is 3.26. The molecule has 2 heterocycles. The standard InChI is InChI=1S/C17H18N6O/c1-12-3-5-13(6-4-12)21-17(24)22(2)14-10-23(11-14)16-15(9-18)19-7-8-20-16/h3-8,14H,10-11H2,1-2H3,(H,21,24). The van der Waals surface area contributed by atoms with Crippen LogP contribution in [0.4, 0.5) is 16.3 Å². The third kappa shape index (κ3) is 3.13. The summed E-state index contributed by atoms with van der Waals surface area (Å²) in [5.74, 6) is 0.573. The first-order valence-corrected chi connectivity index (χ1v) is 7.65. The van der Waals surface area contributed by atoms with Crippen molar-refractivity contribution in [3.63, 3.8) is 0 Å². The molecule has 7 nitrogen and oxygen atoms in total. The van der Waals surface area contributed by atoms with Crippen LogP contribution < -0.4 is 10.2 Å². The lowest BCUT2D eigenvalue weighted by Crippen LogP contribution is -2.61. The van der Waals surface area contributed by atoms with Crippen molar-refractivity contribution in [3.05, 3.63) is 47.9 Å². The zero-order valence-electron chi connectivity index (χ0n) is 13.6. The van der Waals surface area contributed by atoms with Gasteiger partial charge in [-0.3, -0.25) is 0 Å². The number of carbonyl (C=O) groups excluding carboxylic acids is 1. The summed E-state index contributed by atoms with van der Waals surface area (Å²) >= 11 is 0. The molecule has 0 aliphatic carbocycles. The molecule has 0 unspecified atom stereocenters. The summed E-state index contributed by atoms with van der Waals surface area (Å²) in [6.07, 6.45) is 3.07. The molecule has 1 aromatic carbocycles. The number of nitrogens with zero attached hydrogens (tertiary/aromatic N) is 5. The highest BCUT2D eigenvalue weighted by molar-refractivity contribution is 5.89. The zero-order valence-corrected chi connectivity index (χ0v) is 13.6. The molecule has 0 atom stereocenters. The largest absolute Gasteiger partial charge is 0.350 e. The van der Waals surface area contributed by atoms with Crippen LogP contribution in [0.5, 0.6) is 0 Å². The lowest BCUT2D eigenvalue weighted by molar-refractivity contribution is 0.191. The van der Waals surface area contributed by atoms with Crippen molar-refractivity contribution in [2.45, 2.75) is 13.0 Å². The maximum atomic E-state index is 12.3. The Kier molecular flexibility index (Phi) is 4.29. The van der Waals surface area contributed by atoms with Crippen molar-refractivity contribution in [2.75, 3.05) is 30.4 Å². The van der Waals surface area contributed by atoms with Gasteiger partial charge in [0.25, 0.3) is 0 Å². The highest BCUT2D eigenvalue weighted by Crippen LogP contribution is 2.23. The second-order valence-corrected chi connectivity index (χ2v) is 5.81. The van der Waals surface area contributed by atoms with Gasteiger partial charge < -0.3 is 15.1 Å². The lowest BCUT2D eigenvalue weighted by atomic mass is 10.1. The topological polar surface area (TPSA) is 85.2 Å². The average Bonchev–Trinajstić information content (AvgIpc) is 2.56. The Morgan fingerprint density at radius 1 is 1.29 bits per heavy atom. The second-order valence-electron chi connectivity index (χ2n) is 5.81. The average molecular weight is 322 g/mol. The number of anilines is 2. The number of aryl methyl sites for hydroxylation is 1. The highest BCUT2D eigenvalue weighted by atomic mass is 16.2. The van der Waals surface area contributed by atoms with Gasteiger partial charge in [-0.15, -0.1) is 0 Å². The molecule has 1 aliphatic heterocycles. The van der Waals surface area contributed by atoms with Gasteiger partial charge in [-0.25, -0.2) is 14.8 Å². The first kappa shape index (κ1) is 15.7. The molecular formula is C17H18N6O. The summed E-state index contributed by atoms with van der Waals surface area (Å²) in [5, 5.41) is 12.0. The minimum atomic E-state index is -0.150. The van der Waals surface area contributed by atoms with E-state index >= 15 is 0 Å². The summed E-state index contributed by atoms with van der Waals surface area (Å²) in [5.41, 5.74) is 2.23. The number of hydrogen-bond donors (Lipinski definition) is 1. The zero-order chi connectivity index (χ0) is 17.1. The Hall–Kier alpha value is -3.14. The van der Waals surface area contributed by atoms with Gasteiger partial charge in [-0.2, -0.15) is 5.26 Å². The first-order chi connectivity index (χ1) is 11.6. The summed E-state index contributed by atoms with van der Waals surface area (Å²) in [6, 6.07) is 9.64. The molecule has 1 aromatic heterocycles. The summed E-state index contributed by atoms with van der Waals surface area (Å²) in [7, 11) is 1.77. The SMILES string of the molecule is Cc1ccc(NC(=O)N(C)C2CN(c3nccnc3C#N)C2)cc1. The number of rotatable bonds is 3. The number of aromatic nitrogens is 2. The van der Waals surface area contributed by atoms with E-state index in [4.69, 9.17) is 5.26 Å². The Labute approximate surface area is 140 Å². The molecule has 1 N–H and O–H groups in total. The quantitative estimate of drug-likeness (QED) is 0.934. The Bertz CT molecular complexity index is 776. The third-order valence-electron chi connectivity index (χ3n) is 4.12. The molecule has 0 saturated carbocycles. The fourth-order valence-electron chi connectivity index (χ4n) is 2.53. The van der Waals surface area contributed by atoms with Crippen LogP contribution in [-0.2, 0) is 0 Å². The molecule has 0 radical (unpaired) electrons. The number of urea groups is 1. The van der Waals surface area contributed by atoms with Crippen LogP contribution in [0.1, 0.15) is 11.3 Å². The van der Waals surface area contributed by atoms with E-state index in [0.29, 0.717) is 24.6 Å². The predicted octanol–water partition coefficient (Wildman–Crippen LogP) is 2.01. The van der Waals surface area contributed by atoms with E-state index in [-0.39, 0.29) is 12.1 Å². The van der Waals surface area contributed by atoms with Gasteiger partial charge in [-0.1, -0.05) is 17.7 Å². The molecule has 2 aromatic rings. The highest BCUT2D eigenvalue weighted by Gasteiger charge is 2.34. The van der Waals surface area contributed by atoms with E-state index in [9.17, 15) is 4.79 Å². The molecule has 7 heteroatoms. The summed E-state index contributed by atoms with van der Waals surface area (Å²) < 4.78 is 0. The Morgan fingerprint density at radius 2 is 1.96 bits per heavy atom. The number of hydrogen-bond acceptors (Lipinski definition) is 5. The van der Waals surface area contributed by atoms with Gasteiger partial charge in [0.2, 0.25) is 0 Å². The van der Waals surface area contributed by atoms with Crippen LogP contribution in [0.2, 0.25) is 0 Å². The fourth-order valence-corrected chi connectivity index (χ4v) is 2.53. The van der Waals surface area contributed by atoms with Crippen molar-refractivity contribution in [3.8, 4) is 6.07 Å². The third-order valence-corrected chi connectivity index (χ3v) is 4.12. The van der Waals surface area contributed by atoms with Crippen LogP contribution >= 0.6 is 0 Å². The molecule has 1 aliphatic rings. The number of likely N-dealkylation sites (N-methyl/N-ethyl adjacent to an activating group) is 1. The second kappa shape index (κ2) is 6.54. The van der Waals surface area contributed by atoms with Crippen molar-refractivity contribution >= 4 is 17.5 Å². The normalized spacial score (nSPS) is 13.8. The van der Waals surface area contributed by atoms with Gasteiger partial charge in [0.1, 0.15) is 6.07 Å². The van der Waals surface area contributed by atoms with E-state index in [2.05, 4.69) is 15.3 Å². The van der Waals surface area contributed by atoms with Gasteiger partial charge in [0.15, 0.2) is 11.5 Å². The van der Waals surface area contributed by atoms with E-state index in [1.807, 2.05) is 42.2 Å². The van der Waals surface area contributed by atoms with Crippen molar-refractivity contribution in [2.24, 2.45) is 0 Å². The van der Waals surface area contributed by atoms with Crippen LogP contribution in [0, 0.1) is 18.3 Å². The van der Waals surface area contributed by atoms with E-state index in [1.165, 1.54) is 6.20 Å². The van der Waals surface area contributed by atoms with Crippen LogP contribution in [0.15, 0.2) is 36.7 Å². The molecule has 24 heavy (non-hydrogen) atoms. The van der Waals surface area contributed by atoms with Gasteiger partial charge >= 0.3 is 6.03 Å². The number of benzene rings is 1. The van der Waals surface area contributed by atoms with Crippen molar-refractivity contribution in [1.82, 2.24) is 14.9 Å². The monoisotopic (exact) mass is 322 g/mol. The molecule has 3 rings (SSSR count). The van der Waals surface area contributed by atoms with E-state index < -0.39 is 0 Å². The molecule has 0 spiro atoms. The van der Waals surface area contributed by atoms with Crippen molar-refractivity contribution < 1.29 is 4.79 Å². The number of nitriles is 1. The molecule has 1 saturated heterocycles. The Balaban J connectivity index is 1.58. The van der Waals surface area contributed by atoms with Crippen LogP contribution in [0.25, 0.3) is 0 Å². The number of amides is 2. The van der Waals surface area contributed by atoms with Crippen LogP contribution in [-0.4, -0.2) is 47.1 Å². The molecule has 122 valence electrons. The van der Waals surface area contributed by atoms with E-state index in [1.54, 1.807) is 18.1 Å². The maximum absolute atomic E-state index is 12.3. The first-order valence-electron chi connectivity index (χ1n) is 7.65. The minimum absolute atomic E-state index is 0.0731. The minimum Gasteiger partial charge on any atom is -0.350 e. The molecule has 2 amide bonds. The number of nitrogens with one attached hydrogen (secondary N) is 1.